The predicted octanol–water partition coefficient (Wildman–Crippen LogP) is 4.02. The zero-order valence-corrected chi connectivity index (χ0v) is 18.7. The Labute approximate surface area is 203 Å². The molecule has 1 aliphatic carbocycles. The molecule has 5 N–H and O–H groups in total. The lowest BCUT2D eigenvalue weighted by Gasteiger charge is -2.39. The Hall–Kier alpha value is -3.81. The highest BCUT2D eigenvalue weighted by atomic mass is 19.3. The van der Waals surface area contributed by atoms with Crippen LogP contribution < -0.4 is 11.5 Å². The first kappa shape index (κ1) is 25.3. The normalized spacial score (nSPS) is 16.4. The fourth-order valence-electron chi connectivity index (χ4n) is 4.11. The molecular formula is C26H20F5N3O2. The second-order valence-corrected chi connectivity index (χ2v) is 8.77. The molecule has 1 fully saturated rings. The molecule has 0 radical (unpaired) electrons. The summed E-state index contributed by atoms with van der Waals surface area (Å²) in [5.74, 6) is -1.42. The Bertz CT molecular complexity index is 1390. The lowest BCUT2D eigenvalue weighted by molar-refractivity contribution is -0.176. The Morgan fingerprint density at radius 3 is 2.33 bits per heavy atom. The smallest absolute Gasteiger partial charge is 0.255 e. The molecule has 1 heterocycles. The highest BCUT2D eigenvalue weighted by Crippen LogP contribution is 2.45. The van der Waals surface area contributed by atoms with Crippen LogP contribution >= 0.6 is 0 Å². The van der Waals surface area contributed by atoms with Crippen LogP contribution in [0.2, 0.25) is 0 Å². The van der Waals surface area contributed by atoms with Gasteiger partial charge < -0.3 is 16.6 Å². The first-order chi connectivity index (χ1) is 16.8. The molecule has 1 aliphatic rings. The molecule has 1 unspecified atom stereocenters. The molecule has 2 aromatic carbocycles. The maximum Gasteiger partial charge on any atom is 0.255 e. The van der Waals surface area contributed by atoms with Crippen molar-refractivity contribution in [3.63, 3.8) is 0 Å². The topological polar surface area (TPSA) is 102 Å². The van der Waals surface area contributed by atoms with Crippen molar-refractivity contribution in [2.75, 3.05) is 0 Å². The van der Waals surface area contributed by atoms with Crippen molar-refractivity contribution >= 4 is 5.91 Å². The molecule has 1 atom stereocenters. The highest BCUT2D eigenvalue weighted by molar-refractivity contribution is 5.94. The third kappa shape index (κ3) is 5.53. The van der Waals surface area contributed by atoms with E-state index in [9.17, 15) is 31.9 Å². The van der Waals surface area contributed by atoms with Gasteiger partial charge in [0.2, 0.25) is 0 Å². The number of hydrogen-bond donors (Lipinski definition) is 3. The van der Waals surface area contributed by atoms with Gasteiger partial charge in [0, 0.05) is 11.6 Å². The quantitative estimate of drug-likeness (QED) is 0.363. The van der Waals surface area contributed by atoms with E-state index in [-0.39, 0.29) is 28.9 Å². The van der Waals surface area contributed by atoms with Gasteiger partial charge in [-0.2, -0.15) is 0 Å². The number of aromatic nitrogens is 1. The summed E-state index contributed by atoms with van der Waals surface area (Å²) in [6.45, 7) is 0. The first-order valence-electron chi connectivity index (χ1n) is 10.8. The minimum absolute atomic E-state index is 0.0500. The van der Waals surface area contributed by atoms with Gasteiger partial charge in [0.15, 0.2) is 0 Å². The number of pyridine rings is 1. The van der Waals surface area contributed by atoms with Gasteiger partial charge in [-0.3, -0.25) is 4.79 Å². The molecule has 0 spiro atoms. The number of halogens is 5. The van der Waals surface area contributed by atoms with Crippen LogP contribution in [-0.4, -0.2) is 27.5 Å². The number of nitrogens with zero attached hydrogens (tertiary/aromatic N) is 1. The van der Waals surface area contributed by atoms with Gasteiger partial charge in [-0.1, -0.05) is 12.0 Å². The number of alkyl halides is 2. The maximum absolute atomic E-state index is 14.0. The van der Waals surface area contributed by atoms with Crippen LogP contribution in [0, 0.1) is 29.3 Å². The minimum atomic E-state index is -2.99. The molecule has 3 aromatic rings. The van der Waals surface area contributed by atoms with E-state index in [1.807, 2.05) is 0 Å². The van der Waals surface area contributed by atoms with Crippen LogP contribution in [0.5, 0.6) is 0 Å². The van der Waals surface area contributed by atoms with Crippen LogP contribution in [0.1, 0.15) is 46.2 Å². The van der Waals surface area contributed by atoms with Crippen molar-refractivity contribution in [1.82, 2.24) is 4.98 Å². The van der Waals surface area contributed by atoms with Crippen molar-refractivity contribution < 1.29 is 31.9 Å². The molecule has 1 saturated carbocycles. The second-order valence-electron chi connectivity index (χ2n) is 8.77. The number of aliphatic hydroxyl groups is 1. The van der Waals surface area contributed by atoms with Gasteiger partial charge in [0.05, 0.1) is 30.1 Å². The molecular weight excluding hydrogens is 481 g/mol. The Morgan fingerprint density at radius 1 is 1.06 bits per heavy atom. The van der Waals surface area contributed by atoms with Crippen molar-refractivity contribution in [1.29, 1.82) is 0 Å². The van der Waals surface area contributed by atoms with Gasteiger partial charge >= 0.3 is 0 Å². The number of primary amides is 1. The van der Waals surface area contributed by atoms with Gasteiger partial charge in [0.25, 0.3) is 11.8 Å². The predicted molar refractivity (Wildman–Crippen MR) is 121 cm³/mol. The molecule has 36 heavy (non-hydrogen) atoms. The molecule has 186 valence electrons. The number of amides is 1. The summed E-state index contributed by atoms with van der Waals surface area (Å²) in [4.78, 5) is 16.0. The van der Waals surface area contributed by atoms with Gasteiger partial charge in [-0.15, -0.1) is 0 Å². The van der Waals surface area contributed by atoms with Crippen LogP contribution in [0.3, 0.4) is 0 Å². The standard InChI is InChI=1S/C26H20F5N3O2/c27-16-7-14(8-17(28)11-16)9-22(32)23-19(15-1-4-21(29)20(10-15)24(33)35)3-2-18(34-23)5-6-25(36)12-26(30,31)13-25/h1-4,7-8,10-11,22,36H,9,12-13,32H2,(H2,33,35). The van der Waals surface area contributed by atoms with E-state index >= 15 is 0 Å². The number of carbonyl (C=O) groups excluding carboxylic acids is 1. The molecule has 0 saturated heterocycles. The summed E-state index contributed by atoms with van der Waals surface area (Å²) in [6, 6.07) is 8.60. The van der Waals surface area contributed by atoms with Crippen molar-refractivity contribution in [2.45, 2.75) is 36.8 Å². The third-order valence-electron chi connectivity index (χ3n) is 5.72. The van der Waals surface area contributed by atoms with E-state index in [2.05, 4.69) is 16.8 Å². The molecule has 0 bridgehead atoms. The summed E-state index contributed by atoms with van der Waals surface area (Å²) in [7, 11) is 0. The lowest BCUT2D eigenvalue weighted by atomic mass is 9.77. The van der Waals surface area contributed by atoms with E-state index in [1.165, 1.54) is 24.3 Å². The molecule has 5 nitrogen and oxygen atoms in total. The Morgan fingerprint density at radius 2 is 1.72 bits per heavy atom. The zero-order valence-electron chi connectivity index (χ0n) is 18.7. The number of hydrogen-bond acceptors (Lipinski definition) is 4. The first-order valence-corrected chi connectivity index (χ1v) is 10.8. The lowest BCUT2D eigenvalue weighted by Crippen LogP contribution is -2.50. The van der Waals surface area contributed by atoms with Crippen molar-refractivity contribution in [3.05, 3.63) is 88.5 Å². The van der Waals surface area contributed by atoms with Crippen LogP contribution in [0.15, 0.2) is 48.5 Å². The average molecular weight is 501 g/mol. The van der Waals surface area contributed by atoms with E-state index < -0.39 is 53.8 Å². The number of benzene rings is 2. The molecule has 0 aliphatic heterocycles. The van der Waals surface area contributed by atoms with Crippen LogP contribution in [0.4, 0.5) is 22.0 Å². The minimum Gasteiger partial charge on any atom is -0.377 e. The van der Waals surface area contributed by atoms with E-state index in [1.54, 1.807) is 0 Å². The summed E-state index contributed by atoms with van der Waals surface area (Å²) in [6.07, 6.45) is -1.65. The third-order valence-corrected chi connectivity index (χ3v) is 5.72. The molecule has 1 aromatic heterocycles. The van der Waals surface area contributed by atoms with Gasteiger partial charge in [-0.25, -0.2) is 26.9 Å². The largest absolute Gasteiger partial charge is 0.377 e. The fourth-order valence-corrected chi connectivity index (χ4v) is 4.11. The second kappa shape index (κ2) is 9.33. The summed E-state index contributed by atoms with van der Waals surface area (Å²) in [5, 5.41) is 10.1. The number of rotatable bonds is 5. The van der Waals surface area contributed by atoms with E-state index in [0.29, 0.717) is 17.2 Å². The molecule has 4 rings (SSSR count). The number of carbonyl (C=O) groups is 1. The summed E-state index contributed by atoms with van der Waals surface area (Å²) < 4.78 is 67.7. The van der Waals surface area contributed by atoms with Crippen LogP contribution in [0.25, 0.3) is 11.1 Å². The van der Waals surface area contributed by atoms with Crippen LogP contribution in [-0.2, 0) is 6.42 Å². The zero-order chi connectivity index (χ0) is 26.3. The monoisotopic (exact) mass is 501 g/mol. The van der Waals surface area contributed by atoms with Crippen molar-refractivity contribution in [2.24, 2.45) is 11.5 Å². The van der Waals surface area contributed by atoms with E-state index in [4.69, 9.17) is 11.5 Å². The summed E-state index contributed by atoms with van der Waals surface area (Å²) in [5.41, 5.74) is 10.6. The highest BCUT2D eigenvalue weighted by Gasteiger charge is 2.55. The number of nitrogens with two attached hydrogens (primary N) is 2. The maximum atomic E-state index is 14.0. The average Bonchev–Trinajstić information content (AvgIpc) is 2.75. The summed E-state index contributed by atoms with van der Waals surface area (Å²) >= 11 is 0. The van der Waals surface area contributed by atoms with Crippen molar-refractivity contribution in [3.8, 4) is 23.0 Å². The Kier molecular flexibility index (Phi) is 6.56. The fraction of sp³-hybridized carbons (Fsp3) is 0.231. The van der Waals surface area contributed by atoms with Gasteiger partial charge in [-0.05, 0) is 59.9 Å². The van der Waals surface area contributed by atoms with Gasteiger partial charge in [0.1, 0.15) is 28.7 Å². The molecule has 10 heteroatoms. The molecule has 1 amide bonds. The Balaban J connectivity index is 1.76. The SMILES string of the molecule is NC(=O)c1cc(-c2ccc(C#CC3(O)CC(F)(F)C3)nc2C(N)Cc2cc(F)cc(F)c2)ccc1F. The van der Waals surface area contributed by atoms with E-state index in [0.717, 1.165) is 18.2 Å².